The zero-order valence-electron chi connectivity index (χ0n) is 31.0. The number of hydrogen-bond acceptors (Lipinski definition) is 3. The predicted octanol–water partition coefficient (Wildman–Crippen LogP) is 12.2. The maximum atomic E-state index is 5.29. The maximum Gasteiger partial charge on any atom is 0.101 e. The fourth-order valence-electron chi connectivity index (χ4n) is 7.41. The van der Waals surface area contributed by atoms with Crippen LogP contribution in [-0.2, 0) is 0 Å². The molecule has 0 radical (unpaired) electrons. The molecular weight excluding hydrogens is 697 g/mol. The van der Waals surface area contributed by atoms with Crippen LogP contribution in [0.15, 0.2) is 219 Å². The molecule has 0 atom stereocenters. The van der Waals surface area contributed by atoms with Gasteiger partial charge in [0.2, 0.25) is 0 Å². The Hall–Kier alpha value is -7.83. The average molecular weight is 733 g/mol. The summed E-state index contributed by atoms with van der Waals surface area (Å²) in [6.07, 6.45) is 6.38. The minimum atomic E-state index is 0.873. The minimum absolute atomic E-state index is 0.873. The van der Waals surface area contributed by atoms with Gasteiger partial charge in [0.1, 0.15) is 17.1 Å². The van der Waals surface area contributed by atoms with Crippen molar-refractivity contribution >= 4 is 0 Å². The second kappa shape index (κ2) is 14.8. The number of aromatic nitrogens is 6. The van der Waals surface area contributed by atoms with Gasteiger partial charge in [-0.1, -0.05) is 182 Å². The number of benzene rings is 7. The van der Waals surface area contributed by atoms with Crippen molar-refractivity contribution < 1.29 is 0 Å². The van der Waals surface area contributed by atoms with E-state index in [0.717, 1.165) is 84.2 Å². The van der Waals surface area contributed by atoms with E-state index in [9.17, 15) is 0 Å². The van der Waals surface area contributed by atoms with Gasteiger partial charge in [0.15, 0.2) is 0 Å². The predicted molar refractivity (Wildman–Crippen MR) is 230 cm³/mol. The van der Waals surface area contributed by atoms with Crippen molar-refractivity contribution in [3.8, 4) is 84.2 Å². The van der Waals surface area contributed by atoms with Gasteiger partial charge in [-0.2, -0.15) is 15.3 Å². The van der Waals surface area contributed by atoms with Crippen LogP contribution in [0, 0.1) is 0 Å². The second-order valence-electron chi connectivity index (χ2n) is 13.9. The first kappa shape index (κ1) is 33.7. The molecule has 10 aromatic rings. The molecule has 0 fully saturated rings. The highest BCUT2D eigenvalue weighted by atomic mass is 15.3. The molecule has 6 nitrogen and oxygen atoms in total. The largest absolute Gasteiger partial charge is 0.240 e. The van der Waals surface area contributed by atoms with E-state index in [0.29, 0.717) is 0 Å². The Bertz CT molecular complexity index is 2410. The average Bonchev–Trinajstić information content (AvgIpc) is 4.07. The van der Waals surface area contributed by atoms with Crippen molar-refractivity contribution in [3.63, 3.8) is 0 Å². The van der Waals surface area contributed by atoms with E-state index in [1.54, 1.807) is 0 Å². The highest BCUT2D eigenvalue weighted by Crippen LogP contribution is 2.37. The molecular formula is C51H36N6. The van der Waals surface area contributed by atoms with Crippen LogP contribution < -0.4 is 0 Å². The summed E-state index contributed by atoms with van der Waals surface area (Å²) >= 11 is 0. The summed E-state index contributed by atoms with van der Waals surface area (Å²) in [6.45, 7) is 0. The van der Waals surface area contributed by atoms with Crippen LogP contribution in [0.3, 0.4) is 0 Å². The van der Waals surface area contributed by atoms with Crippen molar-refractivity contribution in [1.82, 2.24) is 29.3 Å². The Kier molecular flexibility index (Phi) is 8.74. The van der Waals surface area contributed by atoms with Crippen LogP contribution in [0.1, 0.15) is 0 Å². The summed E-state index contributed by atoms with van der Waals surface area (Å²) in [4.78, 5) is 0. The minimum Gasteiger partial charge on any atom is -0.240 e. The lowest BCUT2D eigenvalue weighted by atomic mass is 10.0. The highest BCUT2D eigenvalue weighted by Gasteiger charge is 2.20. The van der Waals surface area contributed by atoms with Gasteiger partial charge in [0.05, 0.1) is 17.1 Å². The van der Waals surface area contributed by atoms with E-state index in [4.69, 9.17) is 15.3 Å². The quantitative estimate of drug-likeness (QED) is 0.148. The van der Waals surface area contributed by atoms with Crippen LogP contribution in [0.5, 0.6) is 0 Å². The normalized spacial score (nSPS) is 11.2. The molecule has 57 heavy (non-hydrogen) atoms. The Morgan fingerprint density at radius 1 is 0.246 bits per heavy atom. The molecule has 0 aliphatic rings. The molecule has 3 aromatic heterocycles. The second-order valence-corrected chi connectivity index (χ2v) is 13.9. The van der Waals surface area contributed by atoms with Gasteiger partial charge in [-0.05, 0) is 34.9 Å². The van der Waals surface area contributed by atoms with Crippen molar-refractivity contribution in [3.05, 3.63) is 219 Å². The highest BCUT2D eigenvalue weighted by molar-refractivity contribution is 5.83. The smallest absolute Gasteiger partial charge is 0.101 e. The van der Waals surface area contributed by atoms with Gasteiger partial charge in [0, 0.05) is 52.0 Å². The Labute approximate surface area is 331 Å². The third-order valence-corrected chi connectivity index (χ3v) is 10.2. The van der Waals surface area contributed by atoms with Crippen molar-refractivity contribution in [1.29, 1.82) is 0 Å². The van der Waals surface area contributed by atoms with Gasteiger partial charge in [-0.25, -0.2) is 14.0 Å². The summed E-state index contributed by atoms with van der Waals surface area (Å²) in [5.74, 6) is 0. The Morgan fingerprint density at radius 2 is 0.456 bits per heavy atom. The van der Waals surface area contributed by atoms with Crippen molar-refractivity contribution in [2.75, 3.05) is 0 Å². The molecule has 0 saturated heterocycles. The molecule has 0 aliphatic carbocycles. The molecule has 0 N–H and O–H groups in total. The van der Waals surface area contributed by atoms with E-state index in [1.807, 2.05) is 50.4 Å². The summed E-state index contributed by atoms with van der Waals surface area (Å²) in [7, 11) is 0. The SMILES string of the molecule is c1ccc(-c2cn(-c3cc(-n4cc(-c5ccccc5)c(-c5ccccc5)n4)cc(-n4cc(-c5ccccc5)c(-c5ccccc5)n4)c3)nc2-c2ccccc2)cc1. The molecule has 0 bridgehead atoms. The fourth-order valence-corrected chi connectivity index (χ4v) is 7.41. The first-order valence-corrected chi connectivity index (χ1v) is 19.0. The Balaban J connectivity index is 1.21. The van der Waals surface area contributed by atoms with Crippen LogP contribution in [-0.4, -0.2) is 29.3 Å². The summed E-state index contributed by atoms with van der Waals surface area (Å²) in [6, 6.07) is 68.9. The standard InChI is InChI=1S/C51H36N6/c1-7-19-37(20-8-1)46-34-55(52-49(46)40-25-13-4-14-26-40)43-31-44(56-35-47(38-21-9-2-10-22-38)50(53-56)41-27-15-5-16-28-41)33-45(32-43)57-36-48(39-23-11-3-12-24-39)51(54-57)42-29-17-6-18-30-42/h1-36H. The first-order valence-electron chi connectivity index (χ1n) is 19.0. The number of hydrogen-bond donors (Lipinski definition) is 0. The molecule has 7 aromatic carbocycles. The maximum absolute atomic E-state index is 5.29. The number of nitrogens with zero attached hydrogens (tertiary/aromatic N) is 6. The van der Waals surface area contributed by atoms with Crippen LogP contribution in [0.2, 0.25) is 0 Å². The zero-order chi connectivity index (χ0) is 38.0. The zero-order valence-corrected chi connectivity index (χ0v) is 31.0. The monoisotopic (exact) mass is 732 g/mol. The molecule has 0 amide bonds. The van der Waals surface area contributed by atoms with Crippen LogP contribution in [0.4, 0.5) is 0 Å². The molecule has 10 rings (SSSR count). The fraction of sp³-hybridized carbons (Fsp3) is 0. The summed E-state index contributed by atoms with van der Waals surface area (Å²) in [5, 5.41) is 15.9. The first-order chi connectivity index (χ1) is 28.2. The molecule has 0 aliphatic heterocycles. The molecule has 0 saturated carbocycles. The van der Waals surface area contributed by atoms with Crippen LogP contribution >= 0.6 is 0 Å². The van der Waals surface area contributed by atoms with Gasteiger partial charge in [-0.15, -0.1) is 0 Å². The van der Waals surface area contributed by atoms with Crippen molar-refractivity contribution in [2.24, 2.45) is 0 Å². The van der Waals surface area contributed by atoms with Crippen molar-refractivity contribution in [2.45, 2.75) is 0 Å². The van der Waals surface area contributed by atoms with E-state index < -0.39 is 0 Å². The van der Waals surface area contributed by atoms with E-state index in [-0.39, 0.29) is 0 Å². The van der Waals surface area contributed by atoms with Gasteiger partial charge >= 0.3 is 0 Å². The molecule has 270 valence electrons. The lowest BCUT2D eigenvalue weighted by molar-refractivity contribution is 0.838. The van der Waals surface area contributed by atoms with Gasteiger partial charge < -0.3 is 0 Å². The molecule has 3 heterocycles. The molecule has 6 heteroatoms. The molecule has 0 spiro atoms. The van der Waals surface area contributed by atoms with E-state index >= 15 is 0 Å². The van der Waals surface area contributed by atoms with Gasteiger partial charge in [0.25, 0.3) is 0 Å². The van der Waals surface area contributed by atoms with E-state index in [2.05, 4.69) is 182 Å². The van der Waals surface area contributed by atoms with Gasteiger partial charge in [-0.3, -0.25) is 0 Å². The van der Waals surface area contributed by atoms with Crippen LogP contribution in [0.25, 0.3) is 84.2 Å². The third kappa shape index (κ3) is 6.66. The lowest BCUT2D eigenvalue weighted by Gasteiger charge is -2.11. The van der Waals surface area contributed by atoms with E-state index in [1.165, 1.54) is 0 Å². The Morgan fingerprint density at radius 3 is 0.684 bits per heavy atom. The lowest BCUT2D eigenvalue weighted by Crippen LogP contribution is -2.04. The third-order valence-electron chi connectivity index (χ3n) is 10.2. The molecule has 0 unspecified atom stereocenters. The topological polar surface area (TPSA) is 53.5 Å². The summed E-state index contributed by atoms with van der Waals surface area (Å²) < 4.78 is 5.95. The number of rotatable bonds is 9. The summed E-state index contributed by atoms with van der Waals surface area (Å²) in [5.41, 5.74) is 14.9.